The zero-order chi connectivity index (χ0) is 13.2. The first-order chi connectivity index (χ1) is 8.53. The Morgan fingerprint density at radius 1 is 1.33 bits per heavy atom. The van der Waals surface area contributed by atoms with Gasteiger partial charge in [-0.05, 0) is 64.4 Å². The first-order valence-electron chi connectivity index (χ1n) is 7.01. The third kappa shape index (κ3) is 2.93. The van der Waals surface area contributed by atoms with Crippen molar-refractivity contribution in [3.8, 4) is 0 Å². The maximum absolute atomic E-state index is 3.39. The lowest BCUT2D eigenvalue weighted by Crippen LogP contribution is -2.34. The van der Waals surface area contributed by atoms with Gasteiger partial charge in [0.2, 0.25) is 0 Å². The van der Waals surface area contributed by atoms with Gasteiger partial charge in [-0.2, -0.15) is 0 Å². The summed E-state index contributed by atoms with van der Waals surface area (Å²) in [4.78, 5) is 2.45. The fourth-order valence-electron chi connectivity index (χ4n) is 2.76. The first-order valence-corrected chi connectivity index (χ1v) is 7.01. The Bertz CT molecular complexity index is 398. The van der Waals surface area contributed by atoms with Crippen LogP contribution in [-0.4, -0.2) is 32.1 Å². The maximum atomic E-state index is 3.39. The average Bonchev–Trinajstić information content (AvgIpc) is 2.39. The van der Waals surface area contributed by atoms with Gasteiger partial charge in [0, 0.05) is 12.1 Å². The molecule has 100 valence electrons. The van der Waals surface area contributed by atoms with Gasteiger partial charge in [0.05, 0.1) is 0 Å². The minimum absolute atomic E-state index is 0.0522. The normalized spacial score (nSPS) is 22.1. The van der Waals surface area contributed by atoms with E-state index in [0.29, 0.717) is 5.92 Å². The number of piperidine rings is 1. The quantitative estimate of drug-likeness (QED) is 0.882. The van der Waals surface area contributed by atoms with Crippen LogP contribution < -0.4 is 5.32 Å². The van der Waals surface area contributed by atoms with Crippen LogP contribution in [0, 0.1) is 0 Å². The first kappa shape index (κ1) is 13.6. The highest BCUT2D eigenvalue weighted by Crippen LogP contribution is 2.29. The maximum Gasteiger partial charge on any atom is 0.0375 e. The summed E-state index contributed by atoms with van der Waals surface area (Å²) in [6, 6.07) is 9.12. The van der Waals surface area contributed by atoms with E-state index in [2.05, 4.69) is 55.4 Å². The van der Waals surface area contributed by atoms with Gasteiger partial charge in [0.15, 0.2) is 0 Å². The van der Waals surface area contributed by atoms with E-state index in [1.54, 1.807) is 0 Å². The van der Waals surface area contributed by atoms with Crippen molar-refractivity contribution in [3.05, 3.63) is 35.4 Å². The second-order valence-electron chi connectivity index (χ2n) is 6.10. The van der Waals surface area contributed by atoms with Crippen LogP contribution in [0.1, 0.15) is 43.7 Å². The molecule has 2 heteroatoms. The van der Waals surface area contributed by atoms with Crippen molar-refractivity contribution in [1.29, 1.82) is 0 Å². The minimum atomic E-state index is 0.0522. The molecule has 1 atom stereocenters. The van der Waals surface area contributed by atoms with E-state index in [9.17, 15) is 0 Å². The molecule has 2 nitrogen and oxygen atoms in total. The van der Waals surface area contributed by atoms with Gasteiger partial charge >= 0.3 is 0 Å². The summed E-state index contributed by atoms with van der Waals surface area (Å²) in [6.45, 7) is 6.92. The number of likely N-dealkylation sites (N-methyl/N-ethyl adjacent to an activating group) is 1. The highest BCUT2D eigenvalue weighted by atomic mass is 15.1. The Morgan fingerprint density at radius 3 is 2.78 bits per heavy atom. The summed E-state index contributed by atoms with van der Waals surface area (Å²) in [5.74, 6) is 0.705. The van der Waals surface area contributed by atoms with Crippen LogP contribution in [0.25, 0.3) is 0 Å². The molecule has 0 amide bonds. The lowest BCUT2D eigenvalue weighted by atomic mass is 9.86. The van der Waals surface area contributed by atoms with E-state index in [1.807, 2.05) is 7.05 Å². The minimum Gasteiger partial charge on any atom is -0.311 e. The summed E-state index contributed by atoms with van der Waals surface area (Å²) < 4.78 is 0. The Kier molecular flexibility index (Phi) is 4.08. The number of nitrogens with zero attached hydrogens (tertiary/aromatic N) is 1. The van der Waals surface area contributed by atoms with Crippen molar-refractivity contribution in [3.63, 3.8) is 0 Å². The number of likely N-dealkylation sites (tertiary alicyclic amines) is 1. The predicted molar refractivity (Wildman–Crippen MR) is 78.0 cm³/mol. The largest absolute Gasteiger partial charge is 0.311 e. The molecule has 1 heterocycles. The van der Waals surface area contributed by atoms with E-state index in [4.69, 9.17) is 0 Å². The second-order valence-corrected chi connectivity index (χ2v) is 6.10. The van der Waals surface area contributed by atoms with E-state index in [-0.39, 0.29) is 5.54 Å². The highest BCUT2D eigenvalue weighted by molar-refractivity contribution is 5.31. The van der Waals surface area contributed by atoms with Crippen LogP contribution in [0.2, 0.25) is 0 Å². The molecule has 2 rings (SSSR count). The van der Waals surface area contributed by atoms with Crippen molar-refractivity contribution in [2.75, 3.05) is 27.2 Å². The molecule has 1 aliphatic rings. The molecule has 0 spiro atoms. The lowest BCUT2D eigenvalue weighted by Gasteiger charge is -2.31. The molecule has 0 bridgehead atoms. The number of hydrogen-bond acceptors (Lipinski definition) is 2. The SMILES string of the molecule is CNC(C)(C)c1cccc(C2CCCN(C)C2)c1. The molecule has 1 saturated heterocycles. The fraction of sp³-hybridized carbons (Fsp3) is 0.625. The second kappa shape index (κ2) is 5.41. The summed E-state index contributed by atoms with van der Waals surface area (Å²) in [5.41, 5.74) is 2.94. The van der Waals surface area contributed by atoms with Crippen LogP contribution in [-0.2, 0) is 5.54 Å². The molecule has 0 aliphatic carbocycles. The van der Waals surface area contributed by atoms with Crippen molar-refractivity contribution >= 4 is 0 Å². The van der Waals surface area contributed by atoms with Crippen LogP contribution in [0.5, 0.6) is 0 Å². The molecule has 1 unspecified atom stereocenters. The van der Waals surface area contributed by atoms with E-state index in [0.717, 1.165) is 0 Å². The fourth-order valence-corrected chi connectivity index (χ4v) is 2.76. The van der Waals surface area contributed by atoms with Crippen molar-refractivity contribution < 1.29 is 0 Å². The van der Waals surface area contributed by atoms with Crippen LogP contribution in [0.15, 0.2) is 24.3 Å². The van der Waals surface area contributed by atoms with E-state index < -0.39 is 0 Å². The molecule has 1 aromatic rings. The third-order valence-corrected chi connectivity index (χ3v) is 4.33. The molecule has 1 aromatic carbocycles. The average molecular weight is 246 g/mol. The Labute approximate surface area is 111 Å². The zero-order valence-electron chi connectivity index (χ0n) is 12.2. The van der Waals surface area contributed by atoms with Gasteiger partial charge < -0.3 is 10.2 Å². The summed E-state index contributed by atoms with van der Waals surface area (Å²) in [5, 5.41) is 3.39. The van der Waals surface area contributed by atoms with Gasteiger partial charge in [-0.1, -0.05) is 24.3 Å². The molecular formula is C16H26N2. The van der Waals surface area contributed by atoms with Crippen LogP contribution in [0.4, 0.5) is 0 Å². The van der Waals surface area contributed by atoms with Gasteiger partial charge in [-0.15, -0.1) is 0 Å². The number of hydrogen-bond donors (Lipinski definition) is 1. The summed E-state index contributed by atoms with van der Waals surface area (Å²) >= 11 is 0. The third-order valence-electron chi connectivity index (χ3n) is 4.33. The number of rotatable bonds is 3. The molecule has 0 saturated carbocycles. The number of benzene rings is 1. The molecule has 0 aromatic heterocycles. The van der Waals surface area contributed by atoms with Gasteiger partial charge in [0.25, 0.3) is 0 Å². The Balaban J connectivity index is 2.21. The smallest absolute Gasteiger partial charge is 0.0375 e. The molecule has 1 N–H and O–H groups in total. The lowest BCUT2D eigenvalue weighted by molar-refractivity contribution is 0.250. The molecule has 0 radical (unpaired) electrons. The van der Waals surface area contributed by atoms with Crippen LogP contribution >= 0.6 is 0 Å². The number of nitrogens with one attached hydrogen (secondary N) is 1. The van der Waals surface area contributed by atoms with Gasteiger partial charge in [0.1, 0.15) is 0 Å². The monoisotopic (exact) mass is 246 g/mol. The van der Waals surface area contributed by atoms with Gasteiger partial charge in [-0.25, -0.2) is 0 Å². The van der Waals surface area contributed by atoms with E-state index in [1.165, 1.54) is 37.1 Å². The van der Waals surface area contributed by atoms with Crippen LogP contribution in [0.3, 0.4) is 0 Å². The highest BCUT2D eigenvalue weighted by Gasteiger charge is 2.22. The molecule has 18 heavy (non-hydrogen) atoms. The molecular weight excluding hydrogens is 220 g/mol. The van der Waals surface area contributed by atoms with Crippen molar-refractivity contribution in [2.45, 2.75) is 38.1 Å². The predicted octanol–water partition coefficient (Wildman–Crippen LogP) is 2.95. The van der Waals surface area contributed by atoms with E-state index >= 15 is 0 Å². The standard InChI is InChI=1S/C16H26N2/c1-16(2,17-3)15-9-5-7-13(11-15)14-8-6-10-18(4)12-14/h5,7,9,11,14,17H,6,8,10,12H2,1-4H3. The van der Waals surface area contributed by atoms with Crippen molar-refractivity contribution in [2.24, 2.45) is 0 Å². The van der Waals surface area contributed by atoms with Crippen molar-refractivity contribution in [1.82, 2.24) is 10.2 Å². The van der Waals surface area contributed by atoms with Gasteiger partial charge in [-0.3, -0.25) is 0 Å². The topological polar surface area (TPSA) is 15.3 Å². The zero-order valence-corrected chi connectivity index (χ0v) is 12.2. The summed E-state index contributed by atoms with van der Waals surface area (Å²) in [7, 11) is 4.26. The Morgan fingerprint density at radius 2 is 2.11 bits per heavy atom. The molecule has 1 fully saturated rings. The molecule has 1 aliphatic heterocycles. The Hall–Kier alpha value is -0.860. The summed E-state index contributed by atoms with van der Waals surface area (Å²) in [6.07, 6.45) is 2.65.